The number of nitriles is 1. The zero-order valence-corrected chi connectivity index (χ0v) is 12.0. The minimum absolute atomic E-state index is 0.0113. The quantitative estimate of drug-likeness (QED) is 0.587. The van der Waals surface area contributed by atoms with Crippen LogP contribution in [0, 0.1) is 23.2 Å². The molecule has 21 heavy (non-hydrogen) atoms. The van der Waals surface area contributed by atoms with E-state index < -0.39 is 5.97 Å². The van der Waals surface area contributed by atoms with Crippen molar-refractivity contribution in [3.05, 3.63) is 35.4 Å². The summed E-state index contributed by atoms with van der Waals surface area (Å²) >= 11 is 0. The molecule has 0 heterocycles. The van der Waals surface area contributed by atoms with Gasteiger partial charge < -0.3 is 14.6 Å². The number of rotatable bonds is 8. The van der Waals surface area contributed by atoms with Crippen LogP contribution < -0.4 is 0 Å². The SMILES string of the molecule is COCOCc1cccc(C(CC(=O)O)C2CC2C#N)c1. The third-order valence-corrected chi connectivity index (χ3v) is 3.77. The lowest BCUT2D eigenvalue weighted by Crippen LogP contribution is -2.10. The van der Waals surface area contributed by atoms with Crippen molar-refractivity contribution in [2.24, 2.45) is 11.8 Å². The van der Waals surface area contributed by atoms with Gasteiger partial charge in [0.2, 0.25) is 0 Å². The molecule has 3 unspecified atom stereocenters. The Morgan fingerprint density at radius 3 is 3.00 bits per heavy atom. The number of hydrogen-bond acceptors (Lipinski definition) is 4. The van der Waals surface area contributed by atoms with Crippen LogP contribution in [0.1, 0.15) is 29.9 Å². The van der Waals surface area contributed by atoms with Crippen LogP contribution in [0.2, 0.25) is 0 Å². The number of aliphatic carboxylic acids is 1. The predicted octanol–water partition coefficient (Wildman–Crippen LogP) is 2.53. The van der Waals surface area contributed by atoms with Crippen molar-refractivity contribution in [1.29, 1.82) is 5.26 Å². The van der Waals surface area contributed by atoms with Gasteiger partial charge in [-0.15, -0.1) is 0 Å². The van der Waals surface area contributed by atoms with Gasteiger partial charge in [-0.1, -0.05) is 24.3 Å². The molecular formula is C16H19NO4. The average Bonchev–Trinajstić information content (AvgIpc) is 3.24. The molecule has 2 rings (SSSR count). The van der Waals surface area contributed by atoms with Gasteiger partial charge in [0, 0.05) is 7.11 Å². The van der Waals surface area contributed by atoms with E-state index in [4.69, 9.17) is 19.8 Å². The smallest absolute Gasteiger partial charge is 0.303 e. The summed E-state index contributed by atoms with van der Waals surface area (Å²) < 4.78 is 10.1. The molecule has 1 fully saturated rings. The first-order chi connectivity index (χ1) is 10.2. The van der Waals surface area contributed by atoms with Gasteiger partial charge in [0.15, 0.2) is 0 Å². The van der Waals surface area contributed by atoms with E-state index in [-0.39, 0.29) is 31.0 Å². The Kier molecular flexibility index (Phi) is 5.32. The molecule has 1 aromatic carbocycles. The standard InChI is InChI=1S/C16H19NO4/c1-20-10-21-9-11-3-2-4-12(5-11)15(7-16(18)19)14-6-13(14)8-17/h2-5,13-15H,6-7,9-10H2,1H3,(H,18,19). The predicted molar refractivity (Wildman–Crippen MR) is 75.3 cm³/mol. The zero-order chi connectivity index (χ0) is 15.2. The number of carbonyl (C=O) groups is 1. The molecule has 0 spiro atoms. The van der Waals surface area contributed by atoms with Crippen LogP contribution in [0.25, 0.3) is 0 Å². The van der Waals surface area contributed by atoms with Crippen molar-refractivity contribution in [2.45, 2.75) is 25.4 Å². The van der Waals surface area contributed by atoms with Gasteiger partial charge in [-0.25, -0.2) is 0 Å². The van der Waals surface area contributed by atoms with Gasteiger partial charge in [0.25, 0.3) is 0 Å². The minimum Gasteiger partial charge on any atom is -0.481 e. The van der Waals surface area contributed by atoms with Crippen molar-refractivity contribution in [2.75, 3.05) is 13.9 Å². The lowest BCUT2D eigenvalue weighted by molar-refractivity contribution is -0.137. The summed E-state index contributed by atoms with van der Waals surface area (Å²) in [6, 6.07) is 9.97. The highest BCUT2D eigenvalue weighted by molar-refractivity contribution is 5.68. The van der Waals surface area contributed by atoms with Crippen LogP contribution >= 0.6 is 0 Å². The van der Waals surface area contributed by atoms with Crippen LogP contribution in [0.5, 0.6) is 0 Å². The van der Waals surface area contributed by atoms with E-state index in [1.54, 1.807) is 7.11 Å². The van der Waals surface area contributed by atoms with Crippen LogP contribution in [0.15, 0.2) is 24.3 Å². The van der Waals surface area contributed by atoms with Crippen molar-refractivity contribution in [3.63, 3.8) is 0 Å². The van der Waals surface area contributed by atoms with E-state index in [0.717, 1.165) is 17.5 Å². The number of carboxylic acid groups (broad SMARTS) is 1. The second-order valence-electron chi connectivity index (χ2n) is 5.34. The molecule has 0 aromatic heterocycles. The minimum atomic E-state index is -0.829. The molecule has 112 valence electrons. The van der Waals surface area contributed by atoms with Gasteiger partial charge in [-0.05, 0) is 29.4 Å². The molecule has 0 saturated heterocycles. The first-order valence-electron chi connectivity index (χ1n) is 6.92. The Morgan fingerprint density at radius 1 is 1.57 bits per heavy atom. The van der Waals surface area contributed by atoms with Crippen LogP contribution in [-0.2, 0) is 20.9 Å². The Hall–Kier alpha value is -1.90. The summed E-state index contributed by atoms with van der Waals surface area (Å²) in [4.78, 5) is 11.1. The molecule has 1 aliphatic rings. The van der Waals surface area contributed by atoms with E-state index in [9.17, 15) is 4.79 Å². The fraction of sp³-hybridized carbons (Fsp3) is 0.500. The lowest BCUT2D eigenvalue weighted by Gasteiger charge is -2.16. The maximum atomic E-state index is 11.1. The first-order valence-corrected chi connectivity index (χ1v) is 6.92. The van der Waals surface area contributed by atoms with Gasteiger partial charge >= 0.3 is 5.97 Å². The molecule has 1 N–H and O–H groups in total. The molecular weight excluding hydrogens is 270 g/mol. The Morgan fingerprint density at radius 2 is 2.38 bits per heavy atom. The molecule has 0 amide bonds. The van der Waals surface area contributed by atoms with Crippen molar-refractivity contribution >= 4 is 5.97 Å². The lowest BCUT2D eigenvalue weighted by atomic mass is 9.89. The number of carboxylic acids is 1. The molecule has 5 nitrogen and oxygen atoms in total. The summed E-state index contributed by atoms with van der Waals surface area (Å²) in [7, 11) is 1.56. The first kappa shape index (κ1) is 15.5. The van der Waals surface area contributed by atoms with Crippen LogP contribution in [0.4, 0.5) is 0 Å². The van der Waals surface area contributed by atoms with Crippen LogP contribution in [0.3, 0.4) is 0 Å². The second-order valence-corrected chi connectivity index (χ2v) is 5.34. The molecule has 1 saturated carbocycles. The Bertz CT molecular complexity index is 537. The largest absolute Gasteiger partial charge is 0.481 e. The number of benzene rings is 1. The molecule has 0 bridgehead atoms. The monoisotopic (exact) mass is 289 g/mol. The summed E-state index contributed by atoms with van der Waals surface area (Å²) in [5, 5.41) is 18.1. The highest BCUT2D eigenvalue weighted by Gasteiger charge is 2.44. The maximum Gasteiger partial charge on any atom is 0.303 e. The Balaban J connectivity index is 2.10. The normalized spacial score (nSPS) is 21.5. The van der Waals surface area contributed by atoms with E-state index >= 15 is 0 Å². The molecule has 3 atom stereocenters. The number of ether oxygens (including phenoxy) is 2. The van der Waals surface area contributed by atoms with E-state index in [1.165, 1.54) is 0 Å². The second kappa shape index (κ2) is 7.21. The zero-order valence-electron chi connectivity index (χ0n) is 12.0. The average molecular weight is 289 g/mol. The molecule has 0 aliphatic heterocycles. The van der Waals surface area contributed by atoms with Crippen molar-refractivity contribution in [3.8, 4) is 6.07 Å². The fourth-order valence-electron chi connectivity index (χ4n) is 2.67. The van der Waals surface area contributed by atoms with E-state index in [1.807, 2.05) is 24.3 Å². The fourth-order valence-corrected chi connectivity index (χ4v) is 2.67. The van der Waals surface area contributed by atoms with Crippen molar-refractivity contribution < 1.29 is 19.4 Å². The van der Waals surface area contributed by atoms with Gasteiger partial charge in [0.05, 0.1) is 25.0 Å². The van der Waals surface area contributed by atoms with Crippen LogP contribution in [-0.4, -0.2) is 25.0 Å². The van der Waals surface area contributed by atoms with Crippen molar-refractivity contribution in [1.82, 2.24) is 0 Å². The highest BCUT2D eigenvalue weighted by Crippen LogP contribution is 2.49. The van der Waals surface area contributed by atoms with E-state index in [0.29, 0.717) is 6.61 Å². The summed E-state index contributed by atoms with van der Waals surface area (Å²) in [5.41, 5.74) is 1.95. The Labute approximate surface area is 124 Å². The van der Waals surface area contributed by atoms with Gasteiger partial charge in [-0.3, -0.25) is 4.79 Å². The third kappa shape index (κ3) is 4.28. The molecule has 1 aromatic rings. The summed E-state index contributed by atoms with van der Waals surface area (Å²) in [6.45, 7) is 0.649. The van der Waals surface area contributed by atoms with Gasteiger partial charge in [0.1, 0.15) is 6.79 Å². The summed E-state index contributed by atoms with van der Waals surface area (Å²) in [5.74, 6) is -0.789. The third-order valence-electron chi connectivity index (χ3n) is 3.77. The van der Waals surface area contributed by atoms with Gasteiger partial charge in [-0.2, -0.15) is 5.26 Å². The number of methoxy groups -OCH3 is 1. The van der Waals surface area contributed by atoms with E-state index in [2.05, 4.69) is 6.07 Å². The molecule has 0 radical (unpaired) electrons. The molecule has 1 aliphatic carbocycles. The molecule has 5 heteroatoms. The highest BCUT2D eigenvalue weighted by atomic mass is 16.7. The number of hydrogen-bond donors (Lipinski definition) is 1. The maximum absolute atomic E-state index is 11.1. The summed E-state index contributed by atoms with van der Waals surface area (Å²) in [6.07, 6.45) is 0.851. The number of nitrogens with zero attached hydrogens (tertiary/aromatic N) is 1. The topological polar surface area (TPSA) is 79.6 Å².